The minimum atomic E-state index is 0.0916. The number of benzene rings is 1. The summed E-state index contributed by atoms with van der Waals surface area (Å²) < 4.78 is 0. The van der Waals surface area contributed by atoms with Gasteiger partial charge in [-0.05, 0) is 18.6 Å². The average molecular weight is 209 g/mol. The molecule has 0 saturated heterocycles. The Labute approximate surface area is 89.7 Å². The lowest BCUT2D eigenvalue weighted by Gasteiger charge is -1.97. The third kappa shape index (κ3) is 2.97. The zero-order chi connectivity index (χ0) is 10.4. The highest BCUT2D eigenvalue weighted by molar-refractivity contribution is 6.33. The first-order valence-electron chi connectivity index (χ1n) is 4.72. The number of hydrogen-bond donors (Lipinski definition) is 1. The van der Waals surface area contributed by atoms with Crippen molar-refractivity contribution in [3.8, 4) is 17.6 Å². The molecule has 0 fully saturated rings. The first kappa shape index (κ1) is 10.9. The van der Waals surface area contributed by atoms with Gasteiger partial charge in [-0.3, -0.25) is 0 Å². The van der Waals surface area contributed by atoms with E-state index in [1.165, 1.54) is 0 Å². The van der Waals surface area contributed by atoms with Crippen LogP contribution < -0.4 is 0 Å². The summed E-state index contributed by atoms with van der Waals surface area (Å²) in [7, 11) is 0. The summed E-state index contributed by atoms with van der Waals surface area (Å²) in [5, 5.41) is 9.65. The van der Waals surface area contributed by atoms with Crippen LogP contribution in [-0.4, -0.2) is 5.11 Å². The molecule has 0 unspecified atom stereocenters. The monoisotopic (exact) mass is 208 g/mol. The summed E-state index contributed by atoms with van der Waals surface area (Å²) in [5.41, 5.74) is 0.697. The van der Waals surface area contributed by atoms with Gasteiger partial charge in [0.25, 0.3) is 0 Å². The van der Waals surface area contributed by atoms with Gasteiger partial charge >= 0.3 is 0 Å². The Morgan fingerprint density at radius 2 is 2.21 bits per heavy atom. The first-order valence-corrected chi connectivity index (χ1v) is 5.10. The van der Waals surface area contributed by atoms with E-state index < -0.39 is 0 Å². The highest BCUT2D eigenvalue weighted by Crippen LogP contribution is 2.25. The molecule has 0 aliphatic heterocycles. The Kier molecular flexibility index (Phi) is 4.35. The van der Waals surface area contributed by atoms with E-state index in [0.717, 1.165) is 19.3 Å². The van der Waals surface area contributed by atoms with Crippen molar-refractivity contribution in [2.75, 3.05) is 0 Å². The van der Waals surface area contributed by atoms with Crippen molar-refractivity contribution in [3.63, 3.8) is 0 Å². The molecule has 0 radical (unpaired) electrons. The fraction of sp³-hybridized carbons (Fsp3) is 0.333. The summed E-state index contributed by atoms with van der Waals surface area (Å²) in [6.07, 6.45) is 3.12. The number of phenols is 1. The van der Waals surface area contributed by atoms with Gasteiger partial charge in [-0.25, -0.2) is 0 Å². The minimum Gasteiger partial charge on any atom is -0.506 e. The van der Waals surface area contributed by atoms with Crippen LogP contribution in [0, 0.1) is 11.8 Å². The summed E-state index contributed by atoms with van der Waals surface area (Å²) in [6.45, 7) is 2.13. The van der Waals surface area contributed by atoms with Crippen LogP contribution in [0.1, 0.15) is 31.7 Å². The molecule has 0 bridgehead atoms. The second kappa shape index (κ2) is 5.57. The number of rotatable bonds is 2. The lowest BCUT2D eigenvalue weighted by atomic mass is 10.2. The lowest BCUT2D eigenvalue weighted by molar-refractivity contribution is 0.475. The van der Waals surface area contributed by atoms with E-state index in [1.807, 2.05) is 0 Å². The van der Waals surface area contributed by atoms with E-state index in [0.29, 0.717) is 10.6 Å². The number of phenolic OH excluding ortho intramolecular Hbond substituents is 1. The van der Waals surface area contributed by atoms with Crippen molar-refractivity contribution >= 4 is 11.6 Å². The van der Waals surface area contributed by atoms with Crippen molar-refractivity contribution in [2.45, 2.75) is 26.2 Å². The summed E-state index contributed by atoms with van der Waals surface area (Å²) in [6, 6.07) is 5.10. The smallest absolute Gasteiger partial charge is 0.135 e. The Morgan fingerprint density at radius 1 is 1.43 bits per heavy atom. The van der Waals surface area contributed by atoms with Crippen LogP contribution in [0.25, 0.3) is 0 Å². The fourth-order valence-electron chi connectivity index (χ4n) is 1.04. The van der Waals surface area contributed by atoms with Gasteiger partial charge in [0.1, 0.15) is 5.75 Å². The molecule has 0 atom stereocenters. The molecule has 0 spiro atoms. The van der Waals surface area contributed by atoms with E-state index in [4.69, 9.17) is 11.6 Å². The van der Waals surface area contributed by atoms with Crippen LogP contribution in [0.15, 0.2) is 18.2 Å². The zero-order valence-electron chi connectivity index (χ0n) is 8.18. The number of unbranched alkanes of at least 4 members (excludes halogenated alkanes) is 2. The van der Waals surface area contributed by atoms with Gasteiger partial charge < -0.3 is 5.11 Å². The molecule has 74 valence electrons. The summed E-state index contributed by atoms with van der Waals surface area (Å²) in [4.78, 5) is 0. The molecular formula is C12H13ClO. The van der Waals surface area contributed by atoms with Crippen molar-refractivity contribution < 1.29 is 5.11 Å². The molecule has 1 aromatic rings. The lowest BCUT2D eigenvalue weighted by Crippen LogP contribution is -1.77. The second-order valence-electron chi connectivity index (χ2n) is 3.04. The van der Waals surface area contributed by atoms with Crippen LogP contribution in [-0.2, 0) is 0 Å². The normalized spacial score (nSPS) is 9.29. The van der Waals surface area contributed by atoms with Gasteiger partial charge in [0, 0.05) is 12.0 Å². The molecule has 14 heavy (non-hydrogen) atoms. The summed E-state index contributed by atoms with van der Waals surface area (Å²) >= 11 is 5.85. The molecule has 0 heterocycles. The maximum absolute atomic E-state index is 9.30. The van der Waals surface area contributed by atoms with Crippen LogP contribution in [0.3, 0.4) is 0 Å². The molecule has 1 aromatic carbocycles. The third-order valence-electron chi connectivity index (χ3n) is 1.86. The second-order valence-corrected chi connectivity index (χ2v) is 3.42. The molecule has 0 aromatic heterocycles. The summed E-state index contributed by atoms with van der Waals surface area (Å²) in [5.74, 6) is 6.06. The van der Waals surface area contributed by atoms with Crippen molar-refractivity contribution in [1.82, 2.24) is 0 Å². The number of hydrogen-bond acceptors (Lipinski definition) is 1. The molecule has 0 amide bonds. The quantitative estimate of drug-likeness (QED) is 0.582. The Morgan fingerprint density at radius 3 is 2.93 bits per heavy atom. The van der Waals surface area contributed by atoms with Crippen LogP contribution in [0.5, 0.6) is 5.75 Å². The Balaban J connectivity index is 2.74. The van der Waals surface area contributed by atoms with Crippen LogP contribution in [0.4, 0.5) is 0 Å². The number of aromatic hydroxyl groups is 1. The largest absolute Gasteiger partial charge is 0.506 e. The molecule has 0 aliphatic carbocycles. The first-order chi connectivity index (χ1) is 6.75. The Bertz CT molecular complexity index is 360. The average Bonchev–Trinajstić information content (AvgIpc) is 2.19. The van der Waals surface area contributed by atoms with Crippen molar-refractivity contribution in [1.29, 1.82) is 0 Å². The maximum Gasteiger partial charge on any atom is 0.135 e. The molecule has 1 rings (SSSR count). The van der Waals surface area contributed by atoms with Crippen molar-refractivity contribution in [2.24, 2.45) is 0 Å². The molecule has 2 heteroatoms. The van der Waals surface area contributed by atoms with Gasteiger partial charge in [-0.15, -0.1) is 0 Å². The molecular weight excluding hydrogens is 196 g/mol. The van der Waals surface area contributed by atoms with Gasteiger partial charge in [-0.1, -0.05) is 42.9 Å². The minimum absolute atomic E-state index is 0.0916. The standard InChI is InChI=1S/C12H13ClO/c1-2-3-4-5-7-10-8-6-9-11(14)12(10)13/h6,8-9,14H,2-4H2,1H3. The predicted octanol–water partition coefficient (Wildman–Crippen LogP) is 3.59. The molecule has 1 N–H and O–H groups in total. The van der Waals surface area contributed by atoms with E-state index in [-0.39, 0.29) is 5.75 Å². The SMILES string of the molecule is CCCCC#Cc1cccc(O)c1Cl. The van der Waals surface area contributed by atoms with E-state index >= 15 is 0 Å². The van der Waals surface area contributed by atoms with Gasteiger partial charge in [0.15, 0.2) is 0 Å². The molecule has 0 aliphatic rings. The van der Waals surface area contributed by atoms with Gasteiger partial charge in [0.05, 0.1) is 5.02 Å². The van der Waals surface area contributed by atoms with Crippen LogP contribution >= 0.6 is 11.6 Å². The third-order valence-corrected chi connectivity index (χ3v) is 2.25. The van der Waals surface area contributed by atoms with Crippen molar-refractivity contribution in [3.05, 3.63) is 28.8 Å². The van der Waals surface area contributed by atoms with Crippen LogP contribution in [0.2, 0.25) is 5.02 Å². The van der Waals surface area contributed by atoms with Gasteiger partial charge in [-0.2, -0.15) is 0 Å². The number of halogens is 1. The highest BCUT2D eigenvalue weighted by Gasteiger charge is 2.00. The van der Waals surface area contributed by atoms with E-state index in [2.05, 4.69) is 18.8 Å². The zero-order valence-corrected chi connectivity index (χ0v) is 8.93. The van der Waals surface area contributed by atoms with Gasteiger partial charge in [0.2, 0.25) is 0 Å². The topological polar surface area (TPSA) is 20.2 Å². The molecule has 0 saturated carbocycles. The molecule has 1 nitrogen and oxygen atoms in total. The van der Waals surface area contributed by atoms with E-state index in [9.17, 15) is 5.11 Å². The maximum atomic E-state index is 9.30. The van der Waals surface area contributed by atoms with E-state index in [1.54, 1.807) is 18.2 Å². The fourth-order valence-corrected chi connectivity index (χ4v) is 1.21. The predicted molar refractivity (Wildman–Crippen MR) is 59.5 cm³/mol. The highest BCUT2D eigenvalue weighted by atomic mass is 35.5. The Hall–Kier alpha value is -1.13.